The van der Waals surface area contributed by atoms with E-state index in [1.807, 2.05) is 12.1 Å². The van der Waals surface area contributed by atoms with Gasteiger partial charge in [0.05, 0.1) is 27.2 Å². The molecule has 0 unspecified atom stereocenters. The lowest BCUT2D eigenvalue weighted by Gasteiger charge is -2.20. The Labute approximate surface area is 199 Å². The number of carbonyl (C=O) groups excluding carboxylic acids is 1. The number of ether oxygens (including phenoxy) is 3. The second-order valence-electron chi connectivity index (χ2n) is 6.63. The van der Waals surface area contributed by atoms with Gasteiger partial charge in [0.1, 0.15) is 16.1 Å². The number of aromatic amines is 1. The molecule has 2 heterocycles. The van der Waals surface area contributed by atoms with Crippen LogP contribution in [-0.2, 0) is 29.0 Å². The minimum absolute atomic E-state index is 0. The van der Waals surface area contributed by atoms with E-state index in [9.17, 15) is 9.90 Å². The Balaban J connectivity index is 0.00000363. The zero-order valence-corrected chi connectivity index (χ0v) is 19.8. The van der Waals surface area contributed by atoms with Crippen LogP contribution in [-0.4, -0.2) is 30.8 Å². The van der Waals surface area contributed by atoms with Gasteiger partial charge in [-0.1, -0.05) is 29.3 Å². The van der Waals surface area contributed by atoms with Gasteiger partial charge in [0.25, 0.3) is 0 Å². The number of esters is 1. The summed E-state index contributed by atoms with van der Waals surface area (Å²) < 4.78 is 16.5. The summed E-state index contributed by atoms with van der Waals surface area (Å²) in [5.41, 5.74) is 1.38. The van der Waals surface area contributed by atoms with Gasteiger partial charge < -0.3 is 24.8 Å². The molecular weight excluding hydrogens is 477 g/mol. The Morgan fingerprint density at radius 1 is 1.06 bits per heavy atom. The summed E-state index contributed by atoms with van der Waals surface area (Å²) in [6, 6.07) is 8.93. The summed E-state index contributed by atoms with van der Waals surface area (Å²) >= 11 is 14.0. The molecule has 0 aliphatic carbocycles. The number of aliphatic hydroxyl groups is 1. The summed E-state index contributed by atoms with van der Waals surface area (Å²) in [6.45, 7) is -0.0595. The quantitative estimate of drug-likeness (QED) is 0.440. The number of carbonyl (C=O) groups is 1. The van der Waals surface area contributed by atoms with E-state index in [0.717, 1.165) is 9.75 Å². The maximum atomic E-state index is 12.7. The Hall–Kier alpha value is -2.36. The lowest BCUT2D eigenvalue weighted by molar-refractivity contribution is -0.377. The van der Waals surface area contributed by atoms with Crippen LogP contribution in [0.4, 0.5) is 0 Å². The monoisotopic (exact) mass is 499 g/mol. The van der Waals surface area contributed by atoms with E-state index in [4.69, 9.17) is 37.4 Å². The van der Waals surface area contributed by atoms with Gasteiger partial charge >= 0.3 is 5.97 Å². The van der Waals surface area contributed by atoms with Gasteiger partial charge in [-0.25, -0.2) is 4.98 Å². The molecule has 32 heavy (non-hydrogen) atoms. The Morgan fingerprint density at radius 2 is 1.72 bits per heavy atom. The number of nitrogens with one attached hydrogen (secondary N) is 1. The maximum absolute atomic E-state index is 12.7. The number of aromatic nitrogens is 1. The summed E-state index contributed by atoms with van der Waals surface area (Å²) in [7, 11) is 3.09. The summed E-state index contributed by atoms with van der Waals surface area (Å²) in [5, 5.41) is 10.1. The first-order valence-corrected chi connectivity index (χ1v) is 11.0. The number of thiophene rings is 1. The molecule has 0 saturated carbocycles. The van der Waals surface area contributed by atoms with Crippen LogP contribution in [0.3, 0.4) is 0 Å². The van der Waals surface area contributed by atoms with Crippen molar-refractivity contribution in [3.8, 4) is 11.5 Å². The molecule has 172 valence electrons. The zero-order valence-electron chi connectivity index (χ0n) is 17.4. The van der Waals surface area contributed by atoms with Crippen molar-refractivity contribution in [2.45, 2.75) is 25.6 Å². The van der Waals surface area contributed by atoms with Gasteiger partial charge in [-0.2, -0.15) is 0 Å². The normalized spacial score (nSPS) is 11.4. The fourth-order valence-electron chi connectivity index (χ4n) is 3.08. The number of aliphatic hydroxyl groups excluding tert-OH is 1. The molecule has 0 fully saturated rings. The van der Waals surface area contributed by atoms with E-state index < -0.39 is 12.1 Å². The van der Waals surface area contributed by atoms with E-state index in [-0.39, 0.29) is 24.9 Å². The van der Waals surface area contributed by atoms with Crippen LogP contribution in [0.5, 0.6) is 11.5 Å². The Kier molecular flexibility index (Phi) is 9.74. The fourth-order valence-corrected chi connectivity index (χ4v) is 4.48. The minimum atomic E-state index is -0.651. The number of H-pyrrole nitrogens is 1. The second kappa shape index (κ2) is 12.0. The molecule has 10 heteroatoms. The molecule has 3 aromatic rings. The Morgan fingerprint density at radius 3 is 2.31 bits per heavy atom. The lowest BCUT2D eigenvalue weighted by Crippen LogP contribution is -2.16. The second-order valence-corrected chi connectivity index (χ2v) is 8.70. The van der Waals surface area contributed by atoms with Gasteiger partial charge in [0.2, 0.25) is 0 Å². The number of benzene rings is 1. The third-order valence-electron chi connectivity index (χ3n) is 4.63. The van der Waals surface area contributed by atoms with E-state index in [1.54, 1.807) is 44.8 Å². The number of halogens is 2. The standard InChI is InChI=1S/C22H21Cl2NO5S.H2O/c1-28-19-6-3-13(7-21(19)29-2)20(9-16-17(23)10-25-11-18(16)24)30-22(27)8-14-4-5-15(12-26)31-14;/h3-7,10-11,20,26H,8-9,12H2,1-2H3;1H2/t20-;/m0./s1. The van der Waals surface area contributed by atoms with Crippen LogP contribution in [0.25, 0.3) is 0 Å². The average Bonchev–Trinajstić information content (AvgIpc) is 3.22. The molecule has 3 rings (SSSR count). The van der Waals surface area contributed by atoms with E-state index in [1.165, 1.54) is 11.3 Å². The minimum Gasteiger partial charge on any atom is -0.870 e. The van der Waals surface area contributed by atoms with Crippen molar-refractivity contribution in [2.24, 2.45) is 0 Å². The average molecular weight is 500 g/mol. The predicted octanol–water partition coefficient (Wildman–Crippen LogP) is 4.27. The first kappa shape index (κ1) is 25.9. The van der Waals surface area contributed by atoms with Crippen molar-refractivity contribution in [1.29, 1.82) is 0 Å². The van der Waals surface area contributed by atoms with Gasteiger partial charge in [-0.3, -0.25) is 4.79 Å². The van der Waals surface area contributed by atoms with Crippen molar-refractivity contribution in [1.82, 2.24) is 0 Å². The summed E-state index contributed by atoms with van der Waals surface area (Å²) in [4.78, 5) is 17.2. The number of hydrogen-bond donors (Lipinski definition) is 1. The molecule has 0 radical (unpaired) electrons. The highest BCUT2D eigenvalue weighted by atomic mass is 35.5. The third-order valence-corrected chi connectivity index (χ3v) is 6.38. The molecule has 2 aromatic heterocycles. The molecule has 1 atom stereocenters. The maximum Gasteiger partial charge on any atom is 0.311 e. The van der Waals surface area contributed by atoms with Crippen LogP contribution in [0.15, 0.2) is 42.7 Å². The Bertz CT molecular complexity index is 1040. The van der Waals surface area contributed by atoms with Crippen LogP contribution < -0.4 is 14.5 Å². The topological polar surface area (TPSA) is 109 Å². The first-order valence-electron chi connectivity index (χ1n) is 9.39. The SMILES string of the molecule is COc1ccc([C@H](Cc2c(Cl)c[nH+]cc2Cl)OC(=O)Cc2ccc(CO)s2)cc1OC.[OH-]. The van der Waals surface area contributed by atoms with Crippen LogP contribution in [0, 0.1) is 0 Å². The lowest BCUT2D eigenvalue weighted by atomic mass is 10.0. The highest BCUT2D eigenvalue weighted by Gasteiger charge is 2.23. The number of rotatable bonds is 9. The van der Waals surface area contributed by atoms with E-state index >= 15 is 0 Å². The molecular formula is C22H23Cl2NO6S. The van der Waals surface area contributed by atoms with Crippen molar-refractivity contribution in [3.05, 3.63) is 73.7 Å². The van der Waals surface area contributed by atoms with Gasteiger partial charge in [-0.05, 0) is 29.8 Å². The van der Waals surface area contributed by atoms with Crippen LogP contribution >= 0.6 is 34.5 Å². The van der Waals surface area contributed by atoms with Crippen molar-refractivity contribution in [2.75, 3.05) is 14.2 Å². The smallest absolute Gasteiger partial charge is 0.311 e. The first-order chi connectivity index (χ1) is 14.9. The van der Waals surface area contributed by atoms with Gasteiger partial charge in [0, 0.05) is 21.7 Å². The third kappa shape index (κ3) is 6.34. The molecule has 0 aliphatic heterocycles. The molecule has 0 aliphatic rings. The summed E-state index contributed by atoms with van der Waals surface area (Å²) in [6.07, 6.45) is 2.97. The summed E-state index contributed by atoms with van der Waals surface area (Å²) in [5.74, 6) is 0.683. The van der Waals surface area contributed by atoms with Crippen LogP contribution in [0.2, 0.25) is 10.0 Å². The predicted molar refractivity (Wildman–Crippen MR) is 121 cm³/mol. The van der Waals surface area contributed by atoms with Gasteiger partial charge in [-0.15, -0.1) is 11.3 Å². The molecule has 0 spiro atoms. The molecule has 0 saturated heterocycles. The highest BCUT2D eigenvalue weighted by molar-refractivity contribution is 7.12. The number of hydrogen-bond acceptors (Lipinski definition) is 7. The molecule has 0 amide bonds. The molecule has 3 N–H and O–H groups in total. The van der Waals surface area contributed by atoms with E-state index in [2.05, 4.69) is 4.98 Å². The van der Waals surface area contributed by atoms with E-state index in [0.29, 0.717) is 32.7 Å². The highest BCUT2D eigenvalue weighted by Crippen LogP contribution is 2.35. The fraction of sp³-hybridized carbons (Fsp3) is 0.273. The largest absolute Gasteiger partial charge is 0.870 e. The van der Waals surface area contributed by atoms with Gasteiger partial charge in [0.15, 0.2) is 23.9 Å². The molecule has 1 aromatic carbocycles. The molecule has 7 nitrogen and oxygen atoms in total. The number of methoxy groups -OCH3 is 2. The van der Waals surface area contributed by atoms with Crippen LogP contribution in [0.1, 0.15) is 27.0 Å². The van der Waals surface area contributed by atoms with Crippen molar-refractivity contribution >= 4 is 40.5 Å². The molecule has 0 bridgehead atoms. The van der Waals surface area contributed by atoms with Crippen molar-refractivity contribution < 1.29 is 34.6 Å². The number of pyridine rings is 1. The zero-order chi connectivity index (χ0) is 22.4. The van der Waals surface area contributed by atoms with Crippen molar-refractivity contribution in [3.63, 3.8) is 0 Å².